The minimum atomic E-state index is -5.03. The number of carbonyl (C=O) groups excluding carboxylic acids is 2. The van der Waals surface area contributed by atoms with Crippen LogP contribution in [-0.4, -0.2) is 53.1 Å². The summed E-state index contributed by atoms with van der Waals surface area (Å²) in [5.41, 5.74) is 0.542. The number of halogens is 7. The van der Waals surface area contributed by atoms with Gasteiger partial charge in [-0.25, -0.2) is 9.40 Å². The number of benzene rings is 2. The minimum Gasteiger partial charge on any atom is -0.393 e. The molecule has 0 bridgehead atoms. The number of aliphatic hydroxyl groups excluding tert-OH is 1. The first kappa shape index (κ1) is 32.3. The van der Waals surface area contributed by atoms with E-state index >= 15 is 0 Å². The lowest BCUT2D eigenvalue weighted by atomic mass is 9.78. The van der Waals surface area contributed by atoms with Crippen LogP contribution in [0.3, 0.4) is 0 Å². The highest BCUT2D eigenvalue weighted by Crippen LogP contribution is 2.40. The van der Waals surface area contributed by atoms with Crippen molar-refractivity contribution in [1.82, 2.24) is 15.3 Å². The molecule has 2 amide bonds. The van der Waals surface area contributed by atoms with Gasteiger partial charge in [0.25, 0.3) is 0 Å². The van der Waals surface area contributed by atoms with E-state index in [0.29, 0.717) is 23.3 Å². The normalized spacial score (nSPS) is 19.9. The molecule has 2 aromatic carbocycles. The summed E-state index contributed by atoms with van der Waals surface area (Å²) in [4.78, 5) is 27.1. The quantitative estimate of drug-likeness (QED) is 0.412. The SMILES string of the molecule is Cc1cc(F)ccc1[C@H]1CN(NC(=O)C[C@H](C)O)CC[C@@H]1C(=O)N(C)[C@H](C)c1cc(C(F)(F)F)cc(C(F)(F)F)c1. The molecule has 6 nitrogen and oxygen atoms in total. The molecule has 226 valence electrons. The summed E-state index contributed by atoms with van der Waals surface area (Å²) in [5.74, 6) is -2.83. The summed E-state index contributed by atoms with van der Waals surface area (Å²) in [6.45, 7) is 4.78. The maximum atomic E-state index is 13.9. The van der Waals surface area contributed by atoms with E-state index in [1.165, 1.54) is 39.1 Å². The molecule has 13 heteroatoms. The Morgan fingerprint density at radius 1 is 1.05 bits per heavy atom. The van der Waals surface area contributed by atoms with Crippen LogP contribution in [0.5, 0.6) is 0 Å². The van der Waals surface area contributed by atoms with Gasteiger partial charge in [-0.15, -0.1) is 0 Å². The van der Waals surface area contributed by atoms with Crippen LogP contribution in [0.2, 0.25) is 0 Å². The van der Waals surface area contributed by atoms with E-state index in [9.17, 15) is 45.4 Å². The molecule has 41 heavy (non-hydrogen) atoms. The topological polar surface area (TPSA) is 72.9 Å². The monoisotopic (exact) mass is 591 g/mol. The van der Waals surface area contributed by atoms with Gasteiger partial charge in [0.1, 0.15) is 5.82 Å². The van der Waals surface area contributed by atoms with E-state index in [-0.39, 0.29) is 37.6 Å². The van der Waals surface area contributed by atoms with Crippen LogP contribution in [0.1, 0.15) is 66.5 Å². The Balaban J connectivity index is 1.94. The van der Waals surface area contributed by atoms with Gasteiger partial charge in [-0.1, -0.05) is 6.07 Å². The molecule has 3 rings (SSSR count). The van der Waals surface area contributed by atoms with Crippen LogP contribution in [0.15, 0.2) is 36.4 Å². The zero-order valence-corrected chi connectivity index (χ0v) is 22.9. The van der Waals surface area contributed by atoms with E-state index in [1.807, 2.05) is 0 Å². The number of nitrogens with one attached hydrogen (secondary N) is 1. The molecule has 0 radical (unpaired) electrons. The number of hydrogen-bond donors (Lipinski definition) is 2. The van der Waals surface area contributed by atoms with Crippen molar-refractivity contribution in [2.45, 2.75) is 64.0 Å². The highest BCUT2D eigenvalue weighted by Gasteiger charge is 2.41. The zero-order valence-electron chi connectivity index (χ0n) is 22.9. The smallest absolute Gasteiger partial charge is 0.393 e. The first-order valence-corrected chi connectivity index (χ1v) is 12.9. The van der Waals surface area contributed by atoms with Gasteiger partial charge in [-0.3, -0.25) is 15.0 Å². The Kier molecular flexibility index (Phi) is 9.74. The van der Waals surface area contributed by atoms with Crippen molar-refractivity contribution in [3.8, 4) is 0 Å². The molecule has 1 fully saturated rings. The molecular formula is C28H32F7N3O3. The van der Waals surface area contributed by atoms with Gasteiger partial charge in [0.05, 0.1) is 29.7 Å². The second-order valence-corrected chi connectivity index (χ2v) is 10.5. The molecule has 2 aromatic rings. The van der Waals surface area contributed by atoms with Crippen molar-refractivity contribution >= 4 is 11.8 Å². The first-order valence-electron chi connectivity index (χ1n) is 12.9. The van der Waals surface area contributed by atoms with E-state index < -0.39 is 65.1 Å². The lowest BCUT2D eigenvalue weighted by Crippen LogP contribution is -2.52. The van der Waals surface area contributed by atoms with Crippen LogP contribution < -0.4 is 5.43 Å². The van der Waals surface area contributed by atoms with Crippen molar-refractivity contribution in [3.63, 3.8) is 0 Å². The first-order chi connectivity index (χ1) is 18.9. The number of nitrogens with zero attached hydrogens (tertiary/aromatic N) is 2. The molecule has 0 unspecified atom stereocenters. The molecule has 1 aliphatic rings. The third-order valence-corrected chi connectivity index (χ3v) is 7.35. The highest BCUT2D eigenvalue weighted by molar-refractivity contribution is 5.80. The van der Waals surface area contributed by atoms with E-state index in [4.69, 9.17) is 0 Å². The molecule has 1 saturated heterocycles. The molecule has 0 aromatic heterocycles. The average Bonchev–Trinajstić information content (AvgIpc) is 2.85. The summed E-state index contributed by atoms with van der Waals surface area (Å²) >= 11 is 0. The summed E-state index contributed by atoms with van der Waals surface area (Å²) in [5, 5.41) is 11.1. The molecule has 1 heterocycles. The van der Waals surface area contributed by atoms with Crippen molar-refractivity contribution in [2.24, 2.45) is 5.92 Å². The molecule has 4 atom stereocenters. The van der Waals surface area contributed by atoms with Gasteiger partial charge in [0.15, 0.2) is 0 Å². The molecule has 0 saturated carbocycles. The Morgan fingerprint density at radius 3 is 2.15 bits per heavy atom. The maximum Gasteiger partial charge on any atom is 0.416 e. The fourth-order valence-electron chi connectivity index (χ4n) is 5.11. The number of alkyl halides is 6. The number of hydrazine groups is 1. The van der Waals surface area contributed by atoms with Crippen LogP contribution in [-0.2, 0) is 21.9 Å². The van der Waals surface area contributed by atoms with E-state index in [1.54, 1.807) is 11.9 Å². The van der Waals surface area contributed by atoms with Crippen molar-refractivity contribution in [2.75, 3.05) is 20.1 Å². The van der Waals surface area contributed by atoms with Crippen LogP contribution in [0.25, 0.3) is 0 Å². The molecule has 0 spiro atoms. The van der Waals surface area contributed by atoms with Crippen LogP contribution in [0, 0.1) is 18.7 Å². The Morgan fingerprint density at radius 2 is 1.63 bits per heavy atom. The predicted octanol–water partition coefficient (Wildman–Crippen LogP) is 5.60. The number of aryl methyl sites for hydroxylation is 1. The molecular weight excluding hydrogens is 559 g/mol. The van der Waals surface area contributed by atoms with Crippen LogP contribution >= 0.6 is 0 Å². The van der Waals surface area contributed by atoms with E-state index in [2.05, 4.69) is 5.43 Å². The number of aliphatic hydroxyl groups is 1. The highest BCUT2D eigenvalue weighted by atomic mass is 19.4. The second-order valence-electron chi connectivity index (χ2n) is 10.5. The van der Waals surface area contributed by atoms with Crippen LogP contribution in [0.4, 0.5) is 30.7 Å². The zero-order chi connectivity index (χ0) is 30.9. The molecule has 0 aliphatic carbocycles. The fourth-order valence-corrected chi connectivity index (χ4v) is 5.11. The van der Waals surface area contributed by atoms with Gasteiger partial charge < -0.3 is 10.0 Å². The molecule has 2 N–H and O–H groups in total. The predicted molar refractivity (Wildman–Crippen MR) is 136 cm³/mol. The second kappa shape index (κ2) is 12.4. The number of piperidine rings is 1. The summed E-state index contributed by atoms with van der Waals surface area (Å²) < 4.78 is 94.4. The van der Waals surface area contributed by atoms with Gasteiger partial charge in [0, 0.05) is 32.0 Å². The number of rotatable bonds is 7. The standard InChI is InChI=1S/C28H32F7N3O3/c1-15-9-21(29)5-6-22(15)24-14-38(36-25(40)10-16(2)39)8-7-23(24)26(41)37(4)17(3)18-11-19(27(30,31)32)13-20(12-18)28(33,34)35/h5-6,9,11-13,16-17,23-24,39H,7-8,10,14H2,1-4H3,(H,36,40)/t16-,17+,23-,24+/m0/s1. The Bertz CT molecular complexity index is 1230. The molecule has 1 aliphatic heterocycles. The van der Waals surface area contributed by atoms with Crippen molar-refractivity contribution in [1.29, 1.82) is 0 Å². The van der Waals surface area contributed by atoms with Gasteiger partial charge in [0.2, 0.25) is 11.8 Å². The Hall–Kier alpha value is -3.19. The fraction of sp³-hybridized carbons (Fsp3) is 0.500. The van der Waals surface area contributed by atoms with Gasteiger partial charge >= 0.3 is 12.4 Å². The summed E-state index contributed by atoms with van der Waals surface area (Å²) in [6.07, 6.45) is -10.9. The number of carbonyl (C=O) groups is 2. The van der Waals surface area contributed by atoms with Gasteiger partial charge in [-0.05, 0) is 74.2 Å². The lowest BCUT2D eigenvalue weighted by Gasteiger charge is -2.41. The lowest BCUT2D eigenvalue weighted by molar-refractivity contribution is -0.143. The van der Waals surface area contributed by atoms with Crippen molar-refractivity contribution < 1.29 is 45.4 Å². The summed E-state index contributed by atoms with van der Waals surface area (Å²) in [7, 11) is 1.31. The third-order valence-electron chi connectivity index (χ3n) is 7.35. The minimum absolute atomic E-state index is 0.0347. The number of amides is 2. The Labute approximate surface area is 233 Å². The largest absolute Gasteiger partial charge is 0.416 e. The van der Waals surface area contributed by atoms with Crippen molar-refractivity contribution in [3.05, 3.63) is 70.0 Å². The maximum absolute atomic E-state index is 13.9. The summed E-state index contributed by atoms with van der Waals surface area (Å²) in [6, 6.07) is 4.12. The average molecular weight is 592 g/mol. The van der Waals surface area contributed by atoms with E-state index in [0.717, 1.165) is 4.90 Å². The number of hydrogen-bond acceptors (Lipinski definition) is 4. The van der Waals surface area contributed by atoms with Gasteiger partial charge in [-0.2, -0.15) is 26.3 Å². The third kappa shape index (κ3) is 7.97.